The smallest absolute Gasteiger partial charge is 0.150 e. The van der Waals surface area contributed by atoms with Crippen LogP contribution in [0.25, 0.3) is 11.1 Å². The summed E-state index contributed by atoms with van der Waals surface area (Å²) in [6.07, 6.45) is 0.826. The van der Waals surface area contributed by atoms with E-state index in [9.17, 15) is 4.79 Å². The molecule has 0 N–H and O–H groups in total. The minimum Gasteiger partial charge on any atom is -0.298 e. The van der Waals surface area contributed by atoms with E-state index >= 15 is 0 Å². The van der Waals surface area contributed by atoms with E-state index in [1.54, 1.807) is 12.1 Å². The molecule has 2 rings (SSSR count). The predicted octanol–water partition coefficient (Wildman–Crippen LogP) is 3.26. The number of carbonyl (C=O) groups is 1. The first-order valence-electron chi connectivity index (χ1n) is 3.95. The molecule has 0 saturated heterocycles. The van der Waals surface area contributed by atoms with Gasteiger partial charge < -0.3 is 0 Å². The minimum atomic E-state index is 0.660. The summed E-state index contributed by atoms with van der Waals surface area (Å²) in [5.41, 5.74) is 2.69. The molecule has 0 spiro atoms. The van der Waals surface area contributed by atoms with Crippen molar-refractivity contribution in [1.82, 2.24) is 0 Å². The number of fused-ring (bicyclic) bond motifs is 1. The molecular weight excluding hydrogens is 184 g/mol. The van der Waals surface area contributed by atoms with Crippen LogP contribution < -0.4 is 0 Å². The Labute approximate surface area is 81.3 Å². The number of carbonyl (C=O) groups excluding carboxylic acids is 1. The maximum absolute atomic E-state index is 10.5. The van der Waals surface area contributed by atoms with E-state index in [4.69, 9.17) is 11.6 Å². The topological polar surface area (TPSA) is 17.1 Å². The summed E-state index contributed by atoms with van der Waals surface area (Å²) in [6, 6.07) is 11.1. The van der Waals surface area contributed by atoms with Crippen LogP contribution in [-0.2, 0) is 0 Å². The van der Waals surface area contributed by atoms with E-state index in [1.165, 1.54) is 0 Å². The number of hydrogen-bond acceptors (Lipinski definition) is 1. The molecule has 0 atom stereocenters. The van der Waals surface area contributed by atoms with Gasteiger partial charge in [0, 0.05) is 16.1 Å². The van der Waals surface area contributed by atoms with Gasteiger partial charge in [-0.2, -0.15) is 0 Å². The zero-order chi connectivity index (χ0) is 9.26. The Morgan fingerprint density at radius 2 is 1.69 bits per heavy atom. The fourth-order valence-corrected chi connectivity index (χ4v) is 1.54. The highest BCUT2D eigenvalue weighted by Crippen LogP contribution is 2.30. The van der Waals surface area contributed by atoms with Crippen LogP contribution in [-0.4, -0.2) is 6.29 Å². The van der Waals surface area contributed by atoms with Gasteiger partial charge in [0.25, 0.3) is 0 Å². The Bertz CT molecular complexity index is 423. The van der Waals surface area contributed by atoms with Crippen LogP contribution in [0.2, 0.25) is 5.02 Å². The monoisotopic (exact) mass is 190 g/mol. The molecule has 0 amide bonds. The first kappa shape index (κ1) is 8.27. The molecule has 0 saturated carbocycles. The lowest BCUT2D eigenvalue weighted by molar-refractivity contribution is 0.112. The minimum absolute atomic E-state index is 0.660. The van der Waals surface area contributed by atoms with Gasteiger partial charge in [-0.3, -0.25) is 4.79 Å². The van der Waals surface area contributed by atoms with Crippen LogP contribution in [0.5, 0.6) is 0 Å². The van der Waals surface area contributed by atoms with Crippen LogP contribution in [0.3, 0.4) is 0 Å². The molecule has 2 aliphatic rings. The fourth-order valence-electron chi connectivity index (χ4n) is 1.30. The first-order chi connectivity index (χ1) is 6.31. The van der Waals surface area contributed by atoms with Crippen molar-refractivity contribution in [1.29, 1.82) is 0 Å². The third-order valence-electron chi connectivity index (χ3n) is 2.01. The molecular formula is C11H7ClO. The molecule has 0 unspecified atom stereocenters. The van der Waals surface area contributed by atoms with Gasteiger partial charge in [-0.25, -0.2) is 0 Å². The molecule has 0 heterocycles. The summed E-state index contributed by atoms with van der Waals surface area (Å²) in [7, 11) is 0. The Kier molecular flexibility index (Phi) is 2.03. The molecule has 1 nitrogen and oxygen atoms in total. The van der Waals surface area contributed by atoms with E-state index in [-0.39, 0.29) is 0 Å². The van der Waals surface area contributed by atoms with Crippen molar-refractivity contribution in [3.8, 4) is 11.1 Å². The number of hydrogen-bond donors (Lipinski definition) is 0. The van der Waals surface area contributed by atoms with Gasteiger partial charge >= 0.3 is 0 Å². The molecule has 0 aromatic heterocycles. The van der Waals surface area contributed by atoms with E-state index in [0.717, 1.165) is 22.4 Å². The molecule has 0 fully saturated rings. The molecule has 13 heavy (non-hydrogen) atoms. The lowest BCUT2D eigenvalue weighted by Crippen LogP contribution is -1.69. The van der Waals surface area contributed by atoms with Crippen molar-refractivity contribution in [3.63, 3.8) is 0 Å². The second kappa shape index (κ2) is 3.19. The zero-order valence-corrected chi connectivity index (χ0v) is 7.58. The lowest BCUT2D eigenvalue weighted by atomic mass is 10.2. The lowest BCUT2D eigenvalue weighted by Gasteiger charge is -1.89. The van der Waals surface area contributed by atoms with Gasteiger partial charge in [0.2, 0.25) is 0 Å². The van der Waals surface area contributed by atoms with Crippen molar-refractivity contribution < 1.29 is 4.79 Å². The summed E-state index contributed by atoms with van der Waals surface area (Å²) in [5.74, 6) is 0. The van der Waals surface area contributed by atoms with Crippen molar-refractivity contribution in [2.75, 3.05) is 0 Å². The van der Waals surface area contributed by atoms with E-state index < -0.39 is 0 Å². The summed E-state index contributed by atoms with van der Waals surface area (Å²) in [6.45, 7) is 0. The Morgan fingerprint density at radius 3 is 2.46 bits per heavy atom. The second-order valence-electron chi connectivity index (χ2n) is 2.83. The molecule has 0 aliphatic heterocycles. The molecule has 0 radical (unpaired) electrons. The largest absolute Gasteiger partial charge is 0.298 e. The third kappa shape index (κ3) is 1.43. The van der Waals surface area contributed by atoms with Crippen LogP contribution in [0, 0.1) is 0 Å². The number of aldehydes is 1. The molecule has 2 heteroatoms. The quantitative estimate of drug-likeness (QED) is 0.631. The first-order valence-corrected chi connectivity index (χ1v) is 4.32. The summed E-state index contributed by atoms with van der Waals surface area (Å²) >= 11 is 5.94. The predicted molar refractivity (Wildman–Crippen MR) is 53.5 cm³/mol. The van der Waals surface area contributed by atoms with Crippen LogP contribution in [0.1, 0.15) is 10.4 Å². The van der Waals surface area contributed by atoms with Crippen LogP contribution >= 0.6 is 11.6 Å². The highest BCUT2D eigenvalue weighted by atomic mass is 35.5. The van der Waals surface area contributed by atoms with Crippen molar-refractivity contribution in [2.24, 2.45) is 0 Å². The van der Waals surface area contributed by atoms with Gasteiger partial charge in [-0.15, -0.1) is 0 Å². The summed E-state index contributed by atoms with van der Waals surface area (Å²) < 4.78 is 0. The van der Waals surface area contributed by atoms with E-state index in [1.807, 2.05) is 24.3 Å². The Hall–Kier alpha value is -1.34. The average Bonchev–Trinajstić information content (AvgIpc) is 2.38. The SMILES string of the molecule is O=Cc1ccc2ccc(Cl)c-2cc1. The molecule has 0 aromatic carbocycles. The highest BCUT2D eigenvalue weighted by Gasteiger charge is 2.04. The number of halogens is 1. The highest BCUT2D eigenvalue weighted by molar-refractivity contribution is 6.33. The maximum atomic E-state index is 10.5. The third-order valence-corrected chi connectivity index (χ3v) is 2.34. The van der Waals surface area contributed by atoms with Crippen molar-refractivity contribution in [3.05, 3.63) is 47.0 Å². The fraction of sp³-hybridized carbons (Fsp3) is 0. The van der Waals surface area contributed by atoms with Gasteiger partial charge in [-0.1, -0.05) is 41.9 Å². The van der Waals surface area contributed by atoms with Gasteiger partial charge in [-0.05, 0) is 11.6 Å². The van der Waals surface area contributed by atoms with Gasteiger partial charge in [0.15, 0.2) is 0 Å². The average molecular weight is 191 g/mol. The molecule has 2 aliphatic carbocycles. The standard InChI is InChI=1S/C11H7ClO/c12-11-6-4-9-3-1-8(7-13)2-5-10(9)11/h1-7H. The van der Waals surface area contributed by atoms with Crippen LogP contribution in [0.4, 0.5) is 0 Å². The second-order valence-corrected chi connectivity index (χ2v) is 3.24. The van der Waals surface area contributed by atoms with Gasteiger partial charge in [0.1, 0.15) is 6.29 Å². The van der Waals surface area contributed by atoms with Gasteiger partial charge in [0.05, 0.1) is 0 Å². The molecule has 64 valence electrons. The zero-order valence-electron chi connectivity index (χ0n) is 6.83. The van der Waals surface area contributed by atoms with E-state index in [2.05, 4.69) is 0 Å². The normalized spacial score (nSPS) is 10.2. The van der Waals surface area contributed by atoms with Crippen LogP contribution in [0.15, 0.2) is 36.4 Å². The molecule has 0 aromatic rings. The van der Waals surface area contributed by atoms with E-state index in [0.29, 0.717) is 5.56 Å². The summed E-state index contributed by atoms with van der Waals surface area (Å²) in [4.78, 5) is 10.5. The Balaban J connectivity index is 2.68. The van der Waals surface area contributed by atoms with Crippen molar-refractivity contribution >= 4 is 17.9 Å². The van der Waals surface area contributed by atoms with Crippen molar-refractivity contribution in [2.45, 2.75) is 0 Å². The molecule has 0 bridgehead atoms. The maximum Gasteiger partial charge on any atom is 0.150 e. The number of rotatable bonds is 1. The Morgan fingerprint density at radius 1 is 1.00 bits per heavy atom. The summed E-state index contributed by atoms with van der Waals surface area (Å²) in [5, 5.41) is 0.725.